The van der Waals surface area contributed by atoms with Crippen LogP contribution in [0.4, 0.5) is 5.82 Å². The van der Waals surface area contributed by atoms with Crippen LogP contribution in [0, 0.1) is 0 Å². The van der Waals surface area contributed by atoms with Gasteiger partial charge in [0.25, 0.3) is 0 Å². The summed E-state index contributed by atoms with van der Waals surface area (Å²) in [5.74, 6) is 0.763. The topological polar surface area (TPSA) is 68.7 Å². The maximum Gasteiger partial charge on any atom is 0.239 e. The molecular weight excluding hydrogens is 327 g/mol. The Morgan fingerprint density at radius 3 is 2.64 bits per heavy atom. The Bertz CT molecular complexity index is 564. The van der Waals surface area contributed by atoms with Gasteiger partial charge in [0.1, 0.15) is 5.82 Å². The Morgan fingerprint density at radius 1 is 1.32 bits per heavy atom. The number of aromatic nitrogens is 1. The van der Waals surface area contributed by atoms with Crippen molar-refractivity contribution in [2.45, 2.75) is 18.6 Å². The molecule has 2 N–H and O–H groups in total. The molecule has 2 aliphatic heterocycles. The van der Waals surface area contributed by atoms with Crippen LogP contribution >= 0.6 is 23.2 Å². The van der Waals surface area contributed by atoms with E-state index in [4.69, 9.17) is 23.2 Å². The van der Waals surface area contributed by atoms with Gasteiger partial charge < -0.3 is 20.2 Å². The number of anilines is 1. The lowest BCUT2D eigenvalue weighted by atomic mass is 10.1. The van der Waals surface area contributed by atoms with Crippen molar-refractivity contribution in [2.75, 3.05) is 37.6 Å². The van der Waals surface area contributed by atoms with E-state index in [1.165, 1.54) is 0 Å². The summed E-state index contributed by atoms with van der Waals surface area (Å²) in [6, 6.07) is 1.41. The molecule has 2 atom stereocenters. The molecule has 2 unspecified atom stereocenters. The number of hydrogen-bond acceptors (Lipinski definition) is 5. The minimum absolute atomic E-state index is 0.0614. The molecule has 0 aromatic carbocycles. The van der Waals surface area contributed by atoms with Gasteiger partial charge in [-0.2, -0.15) is 0 Å². The molecule has 2 aliphatic rings. The van der Waals surface area contributed by atoms with E-state index in [1.54, 1.807) is 12.3 Å². The Labute approximate surface area is 139 Å². The first-order valence-electron chi connectivity index (χ1n) is 7.31. The van der Waals surface area contributed by atoms with E-state index in [0.717, 1.165) is 0 Å². The fourth-order valence-electron chi connectivity index (χ4n) is 2.90. The third-order valence-corrected chi connectivity index (χ3v) is 4.57. The van der Waals surface area contributed by atoms with Gasteiger partial charge in [-0.25, -0.2) is 4.98 Å². The molecule has 0 saturated carbocycles. The van der Waals surface area contributed by atoms with E-state index in [-0.39, 0.29) is 11.9 Å². The van der Waals surface area contributed by atoms with Crippen molar-refractivity contribution >= 4 is 34.9 Å². The summed E-state index contributed by atoms with van der Waals surface area (Å²) < 4.78 is 0. The summed E-state index contributed by atoms with van der Waals surface area (Å²) in [6.07, 6.45) is 1.64. The molecule has 0 radical (unpaired) electrons. The van der Waals surface area contributed by atoms with E-state index in [1.807, 2.05) is 4.90 Å². The number of carbonyl (C=O) groups is 1. The average molecular weight is 345 g/mol. The number of carbonyl (C=O) groups excluding carboxylic acids is 1. The minimum Gasteiger partial charge on any atom is -0.392 e. The van der Waals surface area contributed by atoms with Gasteiger partial charge in [-0.15, -0.1) is 0 Å². The molecule has 22 heavy (non-hydrogen) atoms. The first-order valence-corrected chi connectivity index (χ1v) is 8.06. The molecule has 1 aromatic heterocycles. The molecule has 0 bridgehead atoms. The lowest BCUT2D eigenvalue weighted by molar-refractivity contribution is -0.133. The number of aliphatic hydroxyl groups is 1. The van der Waals surface area contributed by atoms with E-state index in [9.17, 15) is 9.90 Å². The standard InChI is InChI=1S/C14H18Cl2N4O2/c15-9-5-11(16)13(18-7-9)19-1-3-20(4-2-19)14(22)12-6-10(21)8-17-12/h5,7,10,12,17,21H,1-4,6,8H2. The van der Waals surface area contributed by atoms with Crippen molar-refractivity contribution in [3.05, 3.63) is 22.3 Å². The van der Waals surface area contributed by atoms with E-state index < -0.39 is 6.10 Å². The number of aliphatic hydroxyl groups excluding tert-OH is 1. The number of pyridine rings is 1. The zero-order chi connectivity index (χ0) is 15.7. The second-order valence-corrected chi connectivity index (χ2v) is 6.47. The highest BCUT2D eigenvalue weighted by molar-refractivity contribution is 6.36. The zero-order valence-electron chi connectivity index (χ0n) is 12.0. The molecule has 3 rings (SSSR count). The highest BCUT2D eigenvalue weighted by Crippen LogP contribution is 2.27. The second kappa shape index (κ2) is 6.58. The highest BCUT2D eigenvalue weighted by Gasteiger charge is 2.33. The number of β-amino-alcohol motifs (C(OH)–C–C–N with tert-alkyl or cyclic N) is 1. The molecular formula is C14H18Cl2N4O2. The van der Waals surface area contributed by atoms with Gasteiger partial charge in [-0.3, -0.25) is 4.79 Å². The molecule has 2 saturated heterocycles. The summed E-state index contributed by atoms with van der Waals surface area (Å²) in [5, 5.41) is 13.6. The summed E-state index contributed by atoms with van der Waals surface area (Å²) in [5.41, 5.74) is 0. The van der Waals surface area contributed by atoms with Gasteiger partial charge in [0, 0.05) is 38.9 Å². The monoisotopic (exact) mass is 344 g/mol. The van der Waals surface area contributed by atoms with Crippen molar-refractivity contribution in [3.63, 3.8) is 0 Å². The van der Waals surface area contributed by atoms with Crippen molar-refractivity contribution in [3.8, 4) is 0 Å². The lowest BCUT2D eigenvalue weighted by Gasteiger charge is -2.36. The normalized spacial score (nSPS) is 25.6. The number of hydrogen-bond donors (Lipinski definition) is 2. The highest BCUT2D eigenvalue weighted by atomic mass is 35.5. The van der Waals surface area contributed by atoms with Crippen LogP contribution in [0.25, 0.3) is 0 Å². The lowest BCUT2D eigenvalue weighted by Crippen LogP contribution is -2.53. The molecule has 3 heterocycles. The van der Waals surface area contributed by atoms with Crippen molar-refractivity contribution in [2.24, 2.45) is 0 Å². The van der Waals surface area contributed by atoms with Crippen LogP contribution in [-0.4, -0.2) is 65.8 Å². The number of amides is 1. The number of nitrogens with one attached hydrogen (secondary N) is 1. The number of rotatable bonds is 2. The van der Waals surface area contributed by atoms with Gasteiger partial charge in [-0.05, 0) is 12.5 Å². The fourth-order valence-corrected chi connectivity index (χ4v) is 3.40. The van der Waals surface area contributed by atoms with E-state index in [2.05, 4.69) is 15.2 Å². The van der Waals surface area contributed by atoms with Gasteiger partial charge in [0.05, 0.1) is 22.2 Å². The van der Waals surface area contributed by atoms with Crippen LogP contribution in [0.15, 0.2) is 12.3 Å². The molecule has 0 spiro atoms. The molecule has 1 amide bonds. The Balaban J connectivity index is 1.59. The van der Waals surface area contributed by atoms with Crippen LogP contribution in [0.5, 0.6) is 0 Å². The fraction of sp³-hybridized carbons (Fsp3) is 0.571. The first-order chi connectivity index (χ1) is 10.5. The number of halogens is 2. The van der Waals surface area contributed by atoms with Crippen LogP contribution in [0.2, 0.25) is 10.0 Å². The molecule has 8 heteroatoms. The van der Waals surface area contributed by atoms with Crippen molar-refractivity contribution in [1.82, 2.24) is 15.2 Å². The van der Waals surface area contributed by atoms with E-state index >= 15 is 0 Å². The molecule has 0 aliphatic carbocycles. The van der Waals surface area contributed by atoms with Crippen LogP contribution in [0.3, 0.4) is 0 Å². The third kappa shape index (κ3) is 3.30. The van der Waals surface area contributed by atoms with Crippen LogP contribution in [-0.2, 0) is 4.79 Å². The zero-order valence-corrected chi connectivity index (χ0v) is 13.5. The molecule has 120 valence electrons. The first kappa shape index (κ1) is 15.8. The minimum atomic E-state index is -0.424. The summed E-state index contributed by atoms with van der Waals surface area (Å²) in [7, 11) is 0. The molecule has 6 nitrogen and oxygen atoms in total. The third-order valence-electron chi connectivity index (χ3n) is 4.09. The SMILES string of the molecule is O=C(C1CC(O)CN1)N1CCN(c2ncc(Cl)cc2Cl)CC1. The largest absolute Gasteiger partial charge is 0.392 e. The van der Waals surface area contributed by atoms with Crippen molar-refractivity contribution < 1.29 is 9.90 Å². The summed E-state index contributed by atoms with van der Waals surface area (Å²) in [6.45, 7) is 3.08. The quantitative estimate of drug-likeness (QED) is 0.828. The molecule has 1 aromatic rings. The van der Waals surface area contributed by atoms with Crippen LogP contribution < -0.4 is 10.2 Å². The average Bonchev–Trinajstić information content (AvgIpc) is 2.93. The van der Waals surface area contributed by atoms with Crippen LogP contribution in [0.1, 0.15) is 6.42 Å². The number of nitrogens with zero attached hydrogens (tertiary/aromatic N) is 3. The maximum absolute atomic E-state index is 12.4. The van der Waals surface area contributed by atoms with Gasteiger partial charge >= 0.3 is 0 Å². The Hall–Kier alpha value is -1.08. The number of piperazine rings is 1. The maximum atomic E-state index is 12.4. The predicted molar refractivity (Wildman–Crippen MR) is 85.5 cm³/mol. The van der Waals surface area contributed by atoms with E-state index in [0.29, 0.717) is 55.0 Å². The Morgan fingerprint density at radius 2 is 2.05 bits per heavy atom. The molecule has 2 fully saturated rings. The van der Waals surface area contributed by atoms with Gasteiger partial charge in [-0.1, -0.05) is 23.2 Å². The summed E-state index contributed by atoms with van der Waals surface area (Å²) in [4.78, 5) is 20.5. The van der Waals surface area contributed by atoms with Crippen molar-refractivity contribution in [1.29, 1.82) is 0 Å². The predicted octanol–water partition coefficient (Wildman–Crippen LogP) is 0.760. The van der Waals surface area contributed by atoms with Gasteiger partial charge in [0.2, 0.25) is 5.91 Å². The Kier molecular flexibility index (Phi) is 4.73. The smallest absolute Gasteiger partial charge is 0.239 e. The van der Waals surface area contributed by atoms with Gasteiger partial charge in [0.15, 0.2) is 0 Å². The second-order valence-electron chi connectivity index (χ2n) is 5.62. The summed E-state index contributed by atoms with van der Waals surface area (Å²) >= 11 is 12.0.